The van der Waals surface area contributed by atoms with Crippen molar-refractivity contribution in [3.8, 4) is 0 Å². The van der Waals surface area contributed by atoms with E-state index in [9.17, 15) is 9.59 Å². The molecule has 5 nitrogen and oxygen atoms in total. The Bertz CT molecular complexity index is 699. The number of amides is 1. The normalized spacial score (nSPS) is 23.2. The molecule has 1 aromatic heterocycles. The fourth-order valence-corrected chi connectivity index (χ4v) is 3.70. The summed E-state index contributed by atoms with van der Waals surface area (Å²) in [5, 5.41) is 0. The largest absolute Gasteiger partial charge is 0.444 e. The van der Waals surface area contributed by atoms with Crippen LogP contribution in [0, 0.1) is 5.92 Å². The van der Waals surface area contributed by atoms with Gasteiger partial charge in [-0.25, -0.2) is 4.79 Å². The van der Waals surface area contributed by atoms with Gasteiger partial charge >= 0.3 is 6.09 Å². The molecule has 0 saturated carbocycles. The van der Waals surface area contributed by atoms with Crippen molar-refractivity contribution in [3.63, 3.8) is 0 Å². The van der Waals surface area contributed by atoms with Gasteiger partial charge in [0.15, 0.2) is 0 Å². The van der Waals surface area contributed by atoms with Crippen LogP contribution < -0.4 is 5.56 Å². The standard InChI is InChI=1S/C18H24N2O3/c1-5-13-6-7-15(21)20-10-12-8-14(16(13)20)11-19(9-12)17(22)23-18(2,3)4/h5-7,12,14H,1,8-11H2,2-4H3. The van der Waals surface area contributed by atoms with Crippen molar-refractivity contribution in [2.75, 3.05) is 13.1 Å². The fourth-order valence-electron chi connectivity index (χ4n) is 3.70. The van der Waals surface area contributed by atoms with E-state index in [1.807, 2.05) is 31.4 Å². The van der Waals surface area contributed by atoms with E-state index in [1.54, 1.807) is 17.0 Å². The predicted octanol–water partition coefficient (Wildman–Crippen LogP) is 2.85. The molecular formula is C18H24N2O3. The number of fused-ring (bicyclic) bond motifs is 4. The predicted molar refractivity (Wildman–Crippen MR) is 89.4 cm³/mol. The van der Waals surface area contributed by atoms with Crippen LogP contribution in [0.2, 0.25) is 0 Å². The number of piperidine rings is 1. The van der Waals surface area contributed by atoms with Gasteiger partial charge in [0.25, 0.3) is 5.56 Å². The number of carbonyl (C=O) groups is 1. The molecule has 3 rings (SSSR count). The van der Waals surface area contributed by atoms with Crippen LogP contribution in [0.4, 0.5) is 4.79 Å². The molecule has 124 valence electrons. The van der Waals surface area contributed by atoms with Crippen molar-refractivity contribution in [2.24, 2.45) is 5.92 Å². The summed E-state index contributed by atoms with van der Waals surface area (Å²) in [5.41, 5.74) is 1.53. The third-order valence-electron chi connectivity index (χ3n) is 4.49. The van der Waals surface area contributed by atoms with Gasteiger partial charge in [-0.15, -0.1) is 0 Å². The van der Waals surface area contributed by atoms with E-state index in [1.165, 1.54) is 0 Å². The number of rotatable bonds is 1. The summed E-state index contributed by atoms with van der Waals surface area (Å²) in [5.74, 6) is 0.462. The molecule has 5 heteroatoms. The Morgan fingerprint density at radius 1 is 1.30 bits per heavy atom. The Kier molecular flexibility index (Phi) is 3.82. The van der Waals surface area contributed by atoms with E-state index in [0.717, 1.165) is 17.7 Å². The maximum atomic E-state index is 12.4. The number of hydrogen-bond donors (Lipinski definition) is 0. The number of nitrogens with zero attached hydrogens (tertiary/aromatic N) is 2. The zero-order valence-electron chi connectivity index (χ0n) is 14.0. The summed E-state index contributed by atoms with van der Waals surface area (Å²) in [7, 11) is 0. The minimum atomic E-state index is -0.495. The number of hydrogen-bond acceptors (Lipinski definition) is 3. The SMILES string of the molecule is C=Cc1ccc(=O)n2c1C1CC(CN(C(=O)OC(C)(C)C)C1)C2. The lowest BCUT2D eigenvalue weighted by molar-refractivity contribution is 0.0101. The second-order valence-corrected chi connectivity index (χ2v) is 7.51. The lowest BCUT2D eigenvalue weighted by Gasteiger charge is -2.43. The summed E-state index contributed by atoms with van der Waals surface area (Å²) in [6, 6.07) is 3.43. The first kappa shape index (κ1) is 15.8. The third-order valence-corrected chi connectivity index (χ3v) is 4.49. The number of pyridine rings is 1. The van der Waals surface area contributed by atoms with Crippen molar-refractivity contribution in [2.45, 2.75) is 45.3 Å². The van der Waals surface area contributed by atoms with Crippen molar-refractivity contribution in [1.82, 2.24) is 9.47 Å². The molecule has 3 heterocycles. The lowest BCUT2D eigenvalue weighted by Crippen LogP contribution is -2.50. The monoisotopic (exact) mass is 316 g/mol. The van der Waals surface area contributed by atoms with Crippen molar-refractivity contribution in [1.29, 1.82) is 0 Å². The highest BCUT2D eigenvalue weighted by Gasteiger charge is 2.38. The molecular weight excluding hydrogens is 292 g/mol. The second-order valence-electron chi connectivity index (χ2n) is 7.51. The summed E-state index contributed by atoms with van der Waals surface area (Å²) in [6.45, 7) is 11.4. The van der Waals surface area contributed by atoms with Gasteiger partial charge in [-0.05, 0) is 44.7 Å². The zero-order chi connectivity index (χ0) is 16.8. The summed E-state index contributed by atoms with van der Waals surface area (Å²) >= 11 is 0. The summed E-state index contributed by atoms with van der Waals surface area (Å²) < 4.78 is 7.37. The molecule has 0 N–H and O–H groups in total. The first-order valence-corrected chi connectivity index (χ1v) is 8.12. The first-order valence-electron chi connectivity index (χ1n) is 8.12. The Labute approximate surface area is 136 Å². The van der Waals surface area contributed by atoms with Crippen LogP contribution in [0.15, 0.2) is 23.5 Å². The van der Waals surface area contributed by atoms with Crippen LogP contribution in [0.1, 0.15) is 44.4 Å². The molecule has 1 amide bonds. The lowest BCUT2D eigenvalue weighted by atomic mass is 9.81. The van der Waals surface area contributed by atoms with E-state index >= 15 is 0 Å². The summed E-state index contributed by atoms with van der Waals surface area (Å²) in [4.78, 5) is 26.4. The molecule has 2 aliphatic heterocycles. The maximum absolute atomic E-state index is 12.4. The van der Waals surface area contributed by atoms with Crippen LogP contribution in [0.25, 0.3) is 6.08 Å². The van der Waals surface area contributed by atoms with E-state index in [2.05, 4.69) is 6.58 Å². The molecule has 1 fully saturated rings. The van der Waals surface area contributed by atoms with Crippen molar-refractivity contribution >= 4 is 12.2 Å². The highest BCUT2D eigenvalue weighted by Crippen LogP contribution is 2.37. The molecule has 2 bridgehead atoms. The van der Waals surface area contributed by atoms with Crippen LogP contribution >= 0.6 is 0 Å². The van der Waals surface area contributed by atoms with Crippen molar-refractivity contribution < 1.29 is 9.53 Å². The van der Waals surface area contributed by atoms with E-state index in [4.69, 9.17) is 4.74 Å². The third kappa shape index (κ3) is 3.05. The molecule has 0 aliphatic carbocycles. The topological polar surface area (TPSA) is 51.5 Å². The van der Waals surface area contributed by atoms with Crippen LogP contribution in [-0.2, 0) is 11.3 Å². The smallest absolute Gasteiger partial charge is 0.410 e. The number of ether oxygens (including phenoxy) is 1. The average Bonchev–Trinajstić information content (AvgIpc) is 2.46. The van der Waals surface area contributed by atoms with Gasteiger partial charge in [0, 0.05) is 37.3 Å². The quantitative estimate of drug-likeness (QED) is 0.800. The Morgan fingerprint density at radius 2 is 2.04 bits per heavy atom. The van der Waals surface area contributed by atoms with E-state index in [0.29, 0.717) is 25.6 Å². The Morgan fingerprint density at radius 3 is 2.70 bits per heavy atom. The highest BCUT2D eigenvalue weighted by atomic mass is 16.6. The summed E-state index contributed by atoms with van der Waals surface area (Å²) in [6.07, 6.45) is 2.53. The molecule has 2 atom stereocenters. The number of carbonyl (C=O) groups excluding carboxylic acids is 1. The molecule has 2 unspecified atom stereocenters. The fraction of sp³-hybridized carbons (Fsp3) is 0.556. The minimum Gasteiger partial charge on any atom is -0.444 e. The Balaban J connectivity index is 1.91. The highest BCUT2D eigenvalue weighted by molar-refractivity contribution is 5.68. The molecule has 1 aromatic rings. The first-order chi connectivity index (χ1) is 10.8. The number of aromatic nitrogens is 1. The number of likely N-dealkylation sites (tertiary alicyclic amines) is 1. The van der Waals surface area contributed by atoms with Crippen LogP contribution in [-0.4, -0.2) is 34.3 Å². The molecule has 0 radical (unpaired) electrons. The molecule has 2 aliphatic rings. The van der Waals surface area contributed by atoms with Gasteiger partial charge in [0.05, 0.1) is 0 Å². The van der Waals surface area contributed by atoms with Gasteiger partial charge in [-0.1, -0.05) is 12.7 Å². The van der Waals surface area contributed by atoms with Gasteiger partial charge in [0.2, 0.25) is 0 Å². The van der Waals surface area contributed by atoms with E-state index in [-0.39, 0.29) is 17.6 Å². The van der Waals surface area contributed by atoms with Crippen LogP contribution in [0.5, 0.6) is 0 Å². The van der Waals surface area contributed by atoms with Gasteiger partial charge in [-0.3, -0.25) is 4.79 Å². The van der Waals surface area contributed by atoms with Gasteiger partial charge < -0.3 is 14.2 Å². The van der Waals surface area contributed by atoms with E-state index < -0.39 is 5.60 Å². The van der Waals surface area contributed by atoms with Crippen molar-refractivity contribution in [3.05, 3.63) is 40.3 Å². The maximum Gasteiger partial charge on any atom is 0.410 e. The molecule has 1 saturated heterocycles. The minimum absolute atomic E-state index is 0.0334. The van der Waals surface area contributed by atoms with Gasteiger partial charge in [-0.2, -0.15) is 0 Å². The molecule has 0 aromatic carbocycles. The Hall–Kier alpha value is -2.04. The molecule has 0 spiro atoms. The van der Waals surface area contributed by atoms with Gasteiger partial charge in [0.1, 0.15) is 5.60 Å². The second kappa shape index (κ2) is 5.55. The average molecular weight is 316 g/mol. The van der Waals surface area contributed by atoms with Crippen LogP contribution in [0.3, 0.4) is 0 Å². The molecule has 23 heavy (non-hydrogen) atoms. The zero-order valence-corrected chi connectivity index (χ0v) is 14.0.